The third-order valence-corrected chi connectivity index (χ3v) is 11.7. The summed E-state index contributed by atoms with van der Waals surface area (Å²) in [6.07, 6.45) is 0. The van der Waals surface area contributed by atoms with Gasteiger partial charge in [0, 0.05) is 45.5 Å². The molecule has 2 aromatic heterocycles. The van der Waals surface area contributed by atoms with Crippen molar-refractivity contribution in [1.82, 2.24) is 4.98 Å². The highest BCUT2D eigenvalue weighted by atomic mass is 32.1. The molecule has 4 heteroatoms. The molecule has 0 aliphatic heterocycles. The van der Waals surface area contributed by atoms with Crippen LogP contribution in [-0.2, 0) is 0 Å². The zero-order valence-electron chi connectivity index (χ0n) is 29.7. The lowest BCUT2D eigenvalue weighted by atomic mass is 9.93. The molecule has 9 aromatic carbocycles. The molecule has 258 valence electrons. The number of rotatable bonds is 6. The van der Waals surface area contributed by atoms with Gasteiger partial charge in [0.25, 0.3) is 0 Å². The van der Waals surface area contributed by atoms with Gasteiger partial charge in [-0.05, 0) is 92.3 Å². The molecular weight excluding hydrogens is 689 g/mol. The molecular formula is C51H32N2OS. The van der Waals surface area contributed by atoms with E-state index in [0.717, 1.165) is 59.8 Å². The molecule has 3 nitrogen and oxygen atoms in total. The van der Waals surface area contributed by atoms with E-state index in [1.54, 1.807) is 11.3 Å². The van der Waals surface area contributed by atoms with Gasteiger partial charge in [0.15, 0.2) is 0 Å². The van der Waals surface area contributed by atoms with E-state index in [0.29, 0.717) is 0 Å². The van der Waals surface area contributed by atoms with Crippen LogP contribution in [0, 0.1) is 0 Å². The molecule has 0 spiro atoms. The van der Waals surface area contributed by atoms with Gasteiger partial charge in [-0.15, -0.1) is 11.3 Å². The van der Waals surface area contributed by atoms with Crippen LogP contribution >= 0.6 is 11.3 Å². The largest absolute Gasteiger partial charge is 0.456 e. The van der Waals surface area contributed by atoms with Crippen LogP contribution in [0.1, 0.15) is 0 Å². The number of hydrogen-bond donors (Lipinski definition) is 0. The third-order valence-electron chi connectivity index (χ3n) is 10.7. The van der Waals surface area contributed by atoms with Crippen molar-refractivity contribution in [3.05, 3.63) is 194 Å². The van der Waals surface area contributed by atoms with Crippen molar-refractivity contribution in [3.63, 3.8) is 0 Å². The third kappa shape index (κ3) is 5.46. The van der Waals surface area contributed by atoms with Gasteiger partial charge in [-0.2, -0.15) is 0 Å². The zero-order chi connectivity index (χ0) is 36.3. The van der Waals surface area contributed by atoms with Crippen LogP contribution in [0.25, 0.3) is 86.5 Å². The van der Waals surface area contributed by atoms with E-state index >= 15 is 0 Å². The smallest absolute Gasteiger partial charge is 0.137 e. The first-order chi connectivity index (χ1) is 27.2. The summed E-state index contributed by atoms with van der Waals surface area (Å²) in [5, 5.41) is 8.25. The summed E-state index contributed by atoms with van der Waals surface area (Å²) < 4.78 is 7.76. The predicted octanol–water partition coefficient (Wildman–Crippen LogP) is 15.0. The lowest BCUT2D eigenvalue weighted by molar-refractivity contribution is 0.669. The normalized spacial score (nSPS) is 11.6. The van der Waals surface area contributed by atoms with Gasteiger partial charge in [0.2, 0.25) is 0 Å². The van der Waals surface area contributed by atoms with Crippen molar-refractivity contribution in [2.75, 3.05) is 4.90 Å². The van der Waals surface area contributed by atoms with E-state index in [-0.39, 0.29) is 0 Å². The average Bonchev–Trinajstić information content (AvgIpc) is 3.84. The Balaban J connectivity index is 1.02. The maximum absolute atomic E-state index is 6.61. The van der Waals surface area contributed by atoms with E-state index in [4.69, 9.17) is 9.40 Å². The SMILES string of the molecule is c1ccc(-c2ccc(N(c3ccc(-c4cc5ccccc5c5ccccc45)cc3)c3ccc4c(c3)oc3cc5nc(-c6ccccc6)sc5cc34)cc2)cc1. The Morgan fingerprint density at radius 3 is 1.73 bits per heavy atom. The molecule has 0 bridgehead atoms. The number of anilines is 3. The van der Waals surface area contributed by atoms with Gasteiger partial charge in [-0.25, -0.2) is 4.98 Å². The van der Waals surface area contributed by atoms with E-state index in [1.807, 2.05) is 6.07 Å². The fourth-order valence-electron chi connectivity index (χ4n) is 7.99. The minimum atomic E-state index is 0.843. The molecule has 0 unspecified atom stereocenters. The lowest BCUT2D eigenvalue weighted by Crippen LogP contribution is -2.09. The van der Waals surface area contributed by atoms with Gasteiger partial charge in [0.05, 0.1) is 10.2 Å². The molecule has 0 aliphatic rings. The van der Waals surface area contributed by atoms with Gasteiger partial charge < -0.3 is 9.32 Å². The van der Waals surface area contributed by atoms with Crippen LogP contribution in [0.15, 0.2) is 199 Å². The molecule has 0 radical (unpaired) electrons. The molecule has 0 amide bonds. The van der Waals surface area contributed by atoms with Crippen molar-refractivity contribution in [3.8, 4) is 32.8 Å². The number of thiazole rings is 1. The Kier molecular flexibility index (Phi) is 7.35. The number of nitrogens with zero attached hydrogens (tertiary/aromatic N) is 2. The molecule has 0 saturated carbocycles. The molecule has 0 fully saturated rings. The number of aromatic nitrogens is 1. The van der Waals surface area contributed by atoms with E-state index < -0.39 is 0 Å². The van der Waals surface area contributed by atoms with Crippen LogP contribution < -0.4 is 4.90 Å². The van der Waals surface area contributed by atoms with Crippen molar-refractivity contribution in [2.45, 2.75) is 0 Å². The van der Waals surface area contributed by atoms with Crippen molar-refractivity contribution in [1.29, 1.82) is 0 Å². The van der Waals surface area contributed by atoms with Crippen molar-refractivity contribution < 1.29 is 4.42 Å². The van der Waals surface area contributed by atoms with Gasteiger partial charge in [-0.3, -0.25) is 0 Å². The summed E-state index contributed by atoms with van der Waals surface area (Å²) in [4.78, 5) is 7.28. The molecule has 0 saturated heterocycles. The van der Waals surface area contributed by atoms with Crippen molar-refractivity contribution in [2.24, 2.45) is 0 Å². The second-order valence-corrected chi connectivity index (χ2v) is 15.0. The minimum absolute atomic E-state index is 0.843. The summed E-state index contributed by atoms with van der Waals surface area (Å²) >= 11 is 1.72. The van der Waals surface area contributed by atoms with E-state index in [1.165, 1.54) is 43.8 Å². The van der Waals surface area contributed by atoms with Gasteiger partial charge >= 0.3 is 0 Å². The fourth-order valence-corrected chi connectivity index (χ4v) is 8.99. The summed E-state index contributed by atoms with van der Waals surface area (Å²) in [6.45, 7) is 0. The average molecular weight is 721 g/mol. The highest BCUT2D eigenvalue weighted by Crippen LogP contribution is 2.42. The topological polar surface area (TPSA) is 29.3 Å². The molecule has 0 atom stereocenters. The summed E-state index contributed by atoms with van der Waals surface area (Å²) in [5.74, 6) is 0. The molecule has 11 rings (SSSR count). The van der Waals surface area contributed by atoms with Crippen LogP contribution in [0.3, 0.4) is 0 Å². The first-order valence-electron chi connectivity index (χ1n) is 18.5. The predicted molar refractivity (Wildman–Crippen MR) is 233 cm³/mol. The zero-order valence-corrected chi connectivity index (χ0v) is 30.5. The lowest BCUT2D eigenvalue weighted by Gasteiger charge is -2.26. The Hall–Kier alpha value is -7.01. The maximum atomic E-state index is 6.61. The quantitative estimate of drug-likeness (QED) is 0.160. The first kappa shape index (κ1) is 31.5. The Morgan fingerprint density at radius 1 is 0.400 bits per heavy atom. The number of furan rings is 1. The van der Waals surface area contributed by atoms with Gasteiger partial charge in [-0.1, -0.05) is 133 Å². The second-order valence-electron chi connectivity index (χ2n) is 14.0. The van der Waals surface area contributed by atoms with Crippen molar-refractivity contribution >= 4 is 82.1 Å². The first-order valence-corrected chi connectivity index (χ1v) is 19.3. The van der Waals surface area contributed by atoms with E-state index in [2.05, 4.69) is 193 Å². The summed E-state index contributed by atoms with van der Waals surface area (Å²) in [6, 6.07) is 69.3. The molecule has 0 N–H and O–H groups in total. The molecule has 55 heavy (non-hydrogen) atoms. The molecule has 0 aliphatic carbocycles. The molecule has 11 aromatic rings. The van der Waals surface area contributed by atoms with Crippen LogP contribution in [0.2, 0.25) is 0 Å². The van der Waals surface area contributed by atoms with Crippen LogP contribution in [-0.4, -0.2) is 4.98 Å². The Labute approximate surface area is 322 Å². The number of hydrogen-bond acceptors (Lipinski definition) is 4. The monoisotopic (exact) mass is 720 g/mol. The Bertz CT molecular complexity index is 3180. The highest BCUT2D eigenvalue weighted by molar-refractivity contribution is 7.21. The number of fused-ring (bicyclic) bond motifs is 7. The highest BCUT2D eigenvalue weighted by Gasteiger charge is 2.18. The fraction of sp³-hybridized carbons (Fsp3) is 0. The maximum Gasteiger partial charge on any atom is 0.137 e. The van der Waals surface area contributed by atoms with E-state index in [9.17, 15) is 0 Å². The summed E-state index contributed by atoms with van der Waals surface area (Å²) in [5.41, 5.74) is 11.7. The Morgan fingerprint density at radius 2 is 0.982 bits per heavy atom. The minimum Gasteiger partial charge on any atom is -0.456 e. The summed E-state index contributed by atoms with van der Waals surface area (Å²) in [7, 11) is 0. The number of benzene rings is 9. The standard InChI is InChI=1S/C51H32N2OS/c1-3-11-33(12-4-1)34-19-23-38(24-20-34)53(39-25-21-35(22-26-39)45-29-37-15-7-8-16-41(37)42-17-9-10-18-43(42)45)40-27-28-44-46-31-50-47(32-49(46)54-48(44)30-40)52-51(55-50)36-13-5-2-6-14-36/h1-32H. The van der Waals surface area contributed by atoms with Crippen LogP contribution in [0.5, 0.6) is 0 Å². The van der Waals surface area contributed by atoms with Gasteiger partial charge in [0.1, 0.15) is 16.2 Å². The second kappa shape index (κ2) is 12.8. The molecule has 2 heterocycles. The van der Waals surface area contributed by atoms with Crippen LogP contribution in [0.4, 0.5) is 17.1 Å².